The second-order valence-corrected chi connectivity index (χ2v) is 8.98. The van der Waals surface area contributed by atoms with Crippen LogP contribution in [0.2, 0.25) is 10.0 Å². The molecule has 1 aliphatic heterocycles. The predicted octanol–water partition coefficient (Wildman–Crippen LogP) is 4.30. The van der Waals surface area contributed by atoms with Crippen LogP contribution in [0.1, 0.15) is 12.5 Å². The van der Waals surface area contributed by atoms with Gasteiger partial charge in [-0.15, -0.1) is 0 Å². The molecule has 0 fully saturated rings. The number of hydrogen-bond donors (Lipinski definition) is 0. The van der Waals surface area contributed by atoms with E-state index in [9.17, 15) is 8.42 Å². The van der Waals surface area contributed by atoms with Gasteiger partial charge in [-0.3, -0.25) is 4.90 Å². The lowest BCUT2D eigenvalue weighted by Crippen LogP contribution is -2.19. The van der Waals surface area contributed by atoms with Gasteiger partial charge < -0.3 is 0 Å². The summed E-state index contributed by atoms with van der Waals surface area (Å²) in [4.78, 5) is 6.56. The van der Waals surface area contributed by atoms with Crippen molar-refractivity contribution in [2.45, 2.75) is 11.8 Å². The lowest BCUT2D eigenvalue weighted by atomic mass is 10.1. The monoisotopic (exact) mass is 421 g/mol. The van der Waals surface area contributed by atoms with E-state index in [0.29, 0.717) is 10.7 Å². The highest BCUT2D eigenvalue weighted by atomic mass is 35.5. The number of pyridine rings is 1. The number of rotatable bonds is 4. The summed E-state index contributed by atoms with van der Waals surface area (Å²) in [6.45, 7) is 4.68. The fourth-order valence-electron chi connectivity index (χ4n) is 3.30. The van der Waals surface area contributed by atoms with Gasteiger partial charge in [-0.2, -0.15) is 0 Å². The molecule has 0 aliphatic carbocycles. The molecule has 8 heteroatoms. The van der Waals surface area contributed by atoms with Crippen LogP contribution in [0.5, 0.6) is 0 Å². The van der Waals surface area contributed by atoms with Crippen molar-refractivity contribution in [3.63, 3.8) is 0 Å². The maximum absolute atomic E-state index is 13.3. The molecule has 0 spiro atoms. The Bertz CT molecular complexity index is 1170. The van der Waals surface area contributed by atoms with Gasteiger partial charge in [0.05, 0.1) is 5.02 Å². The van der Waals surface area contributed by atoms with Gasteiger partial charge in [0.2, 0.25) is 0 Å². The molecule has 0 bridgehead atoms. The number of halogens is 2. The molecule has 0 atom stereocenters. The minimum Gasteiger partial charge on any atom is -0.296 e. The smallest absolute Gasteiger partial charge is 0.270 e. The van der Waals surface area contributed by atoms with Gasteiger partial charge in [-0.1, -0.05) is 36.2 Å². The quantitative estimate of drug-likeness (QED) is 0.629. The van der Waals surface area contributed by atoms with Gasteiger partial charge in [0.15, 0.2) is 5.65 Å². The normalized spacial score (nSPS) is 15.4. The molecule has 4 rings (SSSR count). The van der Waals surface area contributed by atoms with Crippen LogP contribution in [0.15, 0.2) is 53.7 Å². The van der Waals surface area contributed by atoms with Crippen molar-refractivity contribution in [3.8, 4) is 0 Å². The van der Waals surface area contributed by atoms with Crippen molar-refractivity contribution in [2.24, 2.45) is 0 Å². The molecule has 0 saturated carbocycles. The fourth-order valence-corrected chi connectivity index (χ4v) is 5.36. The summed E-state index contributed by atoms with van der Waals surface area (Å²) in [5.74, 6) is 0. The average Bonchev–Trinajstić information content (AvgIpc) is 3.28. The summed E-state index contributed by atoms with van der Waals surface area (Å²) in [6.07, 6.45) is 5.35. The lowest BCUT2D eigenvalue weighted by Gasteiger charge is -2.11. The fraction of sp³-hybridized carbons (Fsp3) is 0.211. The molecule has 0 saturated heterocycles. The topological polar surface area (TPSA) is 55.2 Å². The first-order chi connectivity index (χ1) is 12.9. The second-order valence-electron chi connectivity index (χ2n) is 6.35. The minimum absolute atomic E-state index is 0.0404. The van der Waals surface area contributed by atoms with E-state index >= 15 is 0 Å². The molecule has 0 radical (unpaired) electrons. The maximum atomic E-state index is 13.3. The van der Waals surface area contributed by atoms with Crippen LogP contribution in [0, 0.1) is 0 Å². The molecule has 3 heterocycles. The zero-order valence-corrected chi connectivity index (χ0v) is 16.9. The Morgan fingerprint density at radius 2 is 2.04 bits per heavy atom. The van der Waals surface area contributed by atoms with Gasteiger partial charge in [0.25, 0.3) is 10.0 Å². The molecule has 1 aliphatic rings. The summed E-state index contributed by atoms with van der Waals surface area (Å²) >= 11 is 12.2. The Kier molecular flexibility index (Phi) is 4.76. The summed E-state index contributed by atoms with van der Waals surface area (Å²) < 4.78 is 27.8. The SMILES string of the molecule is CCN1CC=C(c2cn(S(=O)(=O)c3cc(Cl)ccc3Cl)c3ncccc23)C1. The molecule has 2 aromatic heterocycles. The number of nitrogens with zero attached hydrogens (tertiary/aromatic N) is 3. The summed E-state index contributed by atoms with van der Waals surface area (Å²) in [7, 11) is -3.95. The molecule has 0 N–H and O–H groups in total. The molecule has 1 aromatic carbocycles. The summed E-state index contributed by atoms with van der Waals surface area (Å²) in [5.41, 5.74) is 2.34. The van der Waals surface area contributed by atoms with E-state index in [4.69, 9.17) is 23.2 Å². The van der Waals surface area contributed by atoms with E-state index in [1.54, 1.807) is 18.5 Å². The molecule has 3 aromatic rings. The van der Waals surface area contributed by atoms with Crippen LogP contribution in [0.25, 0.3) is 16.6 Å². The first kappa shape index (κ1) is 18.5. The van der Waals surface area contributed by atoms with E-state index in [1.807, 2.05) is 12.1 Å². The lowest BCUT2D eigenvalue weighted by molar-refractivity contribution is 0.376. The van der Waals surface area contributed by atoms with Crippen LogP contribution >= 0.6 is 23.2 Å². The van der Waals surface area contributed by atoms with Gasteiger partial charge in [-0.25, -0.2) is 17.4 Å². The van der Waals surface area contributed by atoms with Crippen molar-refractivity contribution in [2.75, 3.05) is 19.6 Å². The Morgan fingerprint density at radius 1 is 1.22 bits per heavy atom. The summed E-state index contributed by atoms with van der Waals surface area (Å²) in [6, 6.07) is 8.10. The van der Waals surface area contributed by atoms with Crippen molar-refractivity contribution in [1.82, 2.24) is 13.9 Å². The Labute approximate surface area is 167 Å². The molecular weight excluding hydrogens is 405 g/mol. The van der Waals surface area contributed by atoms with Crippen LogP contribution in [0.3, 0.4) is 0 Å². The first-order valence-corrected chi connectivity index (χ1v) is 10.7. The Balaban J connectivity index is 1.92. The highest BCUT2D eigenvalue weighted by Crippen LogP contribution is 2.33. The predicted molar refractivity (Wildman–Crippen MR) is 109 cm³/mol. The number of likely N-dealkylation sites (N-methyl/N-ethyl adjacent to an activating group) is 1. The molecule has 27 heavy (non-hydrogen) atoms. The van der Waals surface area contributed by atoms with Crippen molar-refractivity contribution in [3.05, 3.63) is 64.4 Å². The zero-order chi connectivity index (χ0) is 19.2. The van der Waals surface area contributed by atoms with E-state index in [1.165, 1.54) is 16.1 Å². The van der Waals surface area contributed by atoms with Crippen molar-refractivity contribution in [1.29, 1.82) is 0 Å². The van der Waals surface area contributed by atoms with Crippen LogP contribution in [-0.2, 0) is 10.0 Å². The number of hydrogen-bond acceptors (Lipinski definition) is 4. The van der Waals surface area contributed by atoms with E-state index in [-0.39, 0.29) is 9.92 Å². The molecule has 5 nitrogen and oxygen atoms in total. The molecule has 0 amide bonds. The third kappa shape index (κ3) is 3.17. The minimum atomic E-state index is -3.95. The Morgan fingerprint density at radius 3 is 2.78 bits per heavy atom. The largest absolute Gasteiger partial charge is 0.296 e. The molecule has 0 unspecified atom stereocenters. The van der Waals surface area contributed by atoms with E-state index in [2.05, 4.69) is 22.9 Å². The molecular formula is C19H17Cl2N3O2S. The van der Waals surface area contributed by atoms with Crippen molar-refractivity contribution < 1.29 is 8.42 Å². The van der Waals surface area contributed by atoms with Gasteiger partial charge in [-0.05, 0) is 42.4 Å². The van der Waals surface area contributed by atoms with Gasteiger partial charge in [0, 0.05) is 41.5 Å². The number of aromatic nitrogens is 2. The van der Waals surface area contributed by atoms with E-state index < -0.39 is 10.0 Å². The number of benzene rings is 1. The summed E-state index contributed by atoms with van der Waals surface area (Å²) in [5, 5.41) is 1.22. The highest BCUT2D eigenvalue weighted by Gasteiger charge is 2.26. The van der Waals surface area contributed by atoms with Crippen LogP contribution < -0.4 is 0 Å². The van der Waals surface area contributed by atoms with Gasteiger partial charge >= 0.3 is 0 Å². The zero-order valence-electron chi connectivity index (χ0n) is 14.6. The second kappa shape index (κ2) is 6.95. The first-order valence-electron chi connectivity index (χ1n) is 8.50. The third-order valence-electron chi connectivity index (χ3n) is 4.75. The third-order valence-corrected chi connectivity index (χ3v) is 7.11. The molecule has 140 valence electrons. The standard InChI is InChI=1S/C19H17Cl2N3O2S/c1-2-23-9-7-13(11-23)16-12-24(19-15(16)4-3-8-22-19)27(25,26)18-10-14(20)5-6-17(18)21/h3-8,10,12H,2,9,11H2,1H3. The van der Waals surface area contributed by atoms with Crippen molar-refractivity contribution >= 4 is 49.8 Å². The number of fused-ring (bicyclic) bond motifs is 1. The average molecular weight is 422 g/mol. The van der Waals surface area contributed by atoms with Crippen LogP contribution in [-0.4, -0.2) is 41.9 Å². The van der Waals surface area contributed by atoms with Crippen LogP contribution in [0.4, 0.5) is 0 Å². The van der Waals surface area contributed by atoms with E-state index in [0.717, 1.165) is 36.2 Å². The van der Waals surface area contributed by atoms with Gasteiger partial charge in [0.1, 0.15) is 4.90 Å². The Hall–Kier alpha value is -1.86. The highest BCUT2D eigenvalue weighted by molar-refractivity contribution is 7.90. The maximum Gasteiger partial charge on any atom is 0.270 e.